The Morgan fingerprint density at radius 2 is 1.81 bits per heavy atom. The van der Waals surface area contributed by atoms with Crippen LogP contribution < -0.4 is 0 Å². The van der Waals surface area contributed by atoms with E-state index in [4.69, 9.17) is 5.11 Å². The minimum Gasteiger partial charge on any atom is -0.477 e. The number of hydrogen-bond donors (Lipinski definition) is 6. The van der Waals surface area contributed by atoms with Crippen LogP contribution in [0.25, 0.3) is 17.2 Å². The summed E-state index contributed by atoms with van der Waals surface area (Å²) in [5, 5.41) is 47.3. The van der Waals surface area contributed by atoms with Crippen LogP contribution in [0.3, 0.4) is 0 Å². The second kappa shape index (κ2) is 8.54. The Hall–Kier alpha value is -2.78. The second-order valence-electron chi connectivity index (χ2n) is 5.37. The molecule has 0 spiro atoms. The van der Waals surface area contributed by atoms with Crippen molar-refractivity contribution >= 4 is 18.3 Å². The highest BCUT2D eigenvalue weighted by Crippen LogP contribution is 2.36. The van der Waals surface area contributed by atoms with Gasteiger partial charge in [-0.25, -0.2) is 4.79 Å². The van der Waals surface area contributed by atoms with E-state index in [1.807, 2.05) is 0 Å². The van der Waals surface area contributed by atoms with Crippen molar-refractivity contribution in [3.05, 3.63) is 52.4 Å². The molecule has 0 aliphatic carbocycles. The molecule has 26 heavy (non-hydrogen) atoms. The number of hydrogen-bond acceptors (Lipinski definition) is 6. The van der Waals surface area contributed by atoms with Crippen molar-refractivity contribution in [2.24, 2.45) is 4.99 Å². The first-order chi connectivity index (χ1) is 12.5. The third-order valence-corrected chi connectivity index (χ3v) is 4.07. The minimum atomic E-state index is -1.20. The van der Waals surface area contributed by atoms with Crippen LogP contribution in [0.15, 0.2) is 23.7 Å². The molecule has 0 saturated heterocycles. The van der Waals surface area contributed by atoms with Crippen LogP contribution in [0.2, 0.25) is 0 Å². The summed E-state index contributed by atoms with van der Waals surface area (Å²) in [6.07, 6.45) is 2.65. The van der Waals surface area contributed by atoms with Crippen molar-refractivity contribution in [1.82, 2.24) is 4.98 Å². The first-order valence-electron chi connectivity index (χ1n) is 7.72. The summed E-state index contributed by atoms with van der Waals surface area (Å²) < 4.78 is 0. The Kier molecular flexibility index (Phi) is 6.42. The third-order valence-electron chi connectivity index (χ3n) is 4.07. The first kappa shape index (κ1) is 19.5. The maximum absolute atomic E-state index is 11.5. The highest BCUT2D eigenvalue weighted by molar-refractivity contribution is 6.01. The standard InChI is InChI=1S/C18H20N2O6/c1-2-11-16(15(5-19-9-24)20-17(11)18(25)26)12-4-3-10(6-21)13(7-22)14(12)8-23/h2-5,20-24H,1,6-9H2,(H,25,26). The van der Waals surface area contributed by atoms with Crippen LogP contribution in [0.4, 0.5) is 0 Å². The molecular formula is C18H20N2O6. The number of aliphatic hydroxyl groups excluding tert-OH is 4. The largest absolute Gasteiger partial charge is 0.477 e. The number of nitrogens with one attached hydrogen (secondary N) is 1. The zero-order chi connectivity index (χ0) is 19.3. The van der Waals surface area contributed by atoms with E-state index in [2.05, 4.69) is 16.6 Å². The fourth-order valence-electron chi connectivity index (χ4n) is 2.93. The predicted octanol–water partition coefficient (Wildman–Crippen LogP) is 0.868. The third kappa shape index (κ3) is 3.44. The number of aromatic carboxylic acids is 1. The molecule has 8 heteroatoms. The Morgan fingerprint density at radius 1 is 1.12 bits per heavy atom. The van der Waals surface area contributed by atoms with Gasteiger partial charge in [-0.1, -0.05) is 24.8 Å². The fourth-order valence-corrected chi connectivity index (χ4v) is 2.93. The van der Waals surface area contributed by atoms with Gasteiger partial charge in [0.15, 0.2) is 0 Å². The fraction of sp³-hybridized carbons (Fsp3) is 0.222. The van der Waals surface area contributed by atoms with Crippen LogP contribution in [0, 0.1) is 0 Å². The number of aromatic amines is 1. The number of carbonyl (C=O) groups is 1. The van der Waals surface area contributed by atoms with Crippen molar-refractivity contribution in [3.63, 3.8) is 0 Å². The number of rotatable bonds is 8. The summed E-state index contributed by atoms with van der Waals surface area (Å²) in [7, 11) is 0. The van der Waals surface area contributed by atoms with E-state index < -0.39 is 25.9 Å². The maximum Gasteiger partial charge on any atom is 0.352 e. The average Bonchev–Trinajstić information content (AvgIpc) is 3.03. The van der Waals surface area contributed by atoms with Gasteiger partial charge in [0.25, 0.3) is 0 Å². The van der Waals surface area contributed by atoms with Gasteiger partial charge in [-0.2, -0.15) is 0 Å². The summed E-state index contributed by atoms with van der Waals surface area (Å²) in [6, 6.07) is 3.21. The lowest BCUT2D eigenvalue weighted by Gasteiger charge is -2.16. The van der Waals surface area contributed by atoms with Crippen LogP contribution >= 0.6 is 0 Å². The molecule has 8 nitrogen and oxygen atoms in total. The Bertz CT molecular complexity index is 854. The number of benzene rings is 1. The number of aliphatic imine (C=N–C) groups is 1. The molecule has 0 radical (unpaired) electrons. The van der Waals surface area contributed by atoms with Crippen molar-refractivity contribution in [2.75, 3.05) is 6.73 Å². The molecule has 0 atom stereocenters. The highest BCUT2D eigenvalue weighted by atomic mass is 16.4. The number of H-pyrrole nitrogens is 1. The molecule has 2 aromatic rings. The molecular weight excluding hydrogens is 340 g/mol. The maximum atomic E-state index is 11.5. The lowest BCUT2D eigenvalue weighted by atomic mass is 9.90. The van der Waals surface area contributed by atoms with Gasteiger partial charge in [-0.3, -0.25) is 4.99 Å². The van der Waals surface area contributed by atoms with E-state index in [0.29, 0.717) is 33.5 Å². The van der Waals surface area contributed by atoms with E-state index in [1.165, 1.54) is 12.3 Å². The first-order valence-corrected chi connectivity index (χ1v) is 7.72. The topological polar surface area (TPSA) is 146 Å². The molecule has 0 amide bonds. The van der Waals surface area contributed by atoms with Gasteiger partial charge >= 0.3 is 5.97 Å². The summed E-state index contributed by atoms with van der Waals surface area (Å²) in [5.41, 5.74) is 2.54. The number of carboxylic acid groups (broad SMARTS) is 1. The number of nitrogens with zero attached hydrogens (tertiary/aromatic N) is 1. The molecule has 0 saturated carbocycles. The van der Waals surface area contributed by atoms with Gasteiger partial charge < -0.3 is 30.5 Å². The molecule has 1 aromatic heterocycles. The van der Waals surface area contributed by atoms with Gasteiger partial charge in [0, 0.05) is 17.3 Å². The molecule has 6 N–H and O–H groups in total. The molecule has 138 valence electrons. The Morgan fingerprint density at radius 3 is 2.31 bits per heavy atom. The van der Waals surface area contributed by atoms with Gasteiger partial charge in [0.05, 0.1) is 25.5 Å². The predicted molar refractivity (Wildman–Crippen MR) is 95.7 cm³/mol. The average molecular weight is 360 g/mol. The summed E-state index contributed by atoms with van der Waals surface area (Å²) >= 11 is 0. The van der Waals surface area contributed by atoms with Crippen LogP contribution in [-0.4, -0.2) is 49.4 Å². The monoisotopic (exact) mass is 360 g/mol. The number of aromatic nitrogens is 1. The zero-order valence-electron chi connectivity index (χ0n) is 13.9. The van der Waals surface area contributed by atoms with Crippen molar-refractivity contribution < 1.29 is 30.3 Å². The lowest BCUT2D eigenvalue weighted by Crippen LogP contribution is -2.04. The summed E-state index contributed by atoms with van der Waals surface area (Å²) in [5.74, 6) is -1.20. The van der Waals surface area contributed by atoms with E-state index in [1.54, 1.807) is 12.1 Å². The Labute approximate surface area is 149 Å². The van der Waals surface area contributed by atoms with Gasteiger partial charge in [0.1, 0.15) is 12.4 Å². The Balaban J connectivity index is 2.88. The number of carboxylic acids is 1. The molecule has 0 bridgehead atoms. The number of aliphatic hydroxyl groups is 4. The van der Waals surface area contributed by atoms with Crippen LogP contribution in [0.5, 0.6) is 0 Å². The summed E-state index contributed by atoms with van der Waals surface area (Å²) in [6.45, 7) is 2.02. The van der Waals surface area contributed by atoms with E-state index in [0.717, 1.165) is 0 Å². The SMILES string of the molecule is C=Cc1c(C(=O)O)[nH]c(C=NCO)c1-c1ccc(CO)c(CO)c1CO. The molecule has 0 unspecified atom stereocenters. The van der Waals surface area contributed by atoms with Crippen molar-refractivity contribution in [1.29, 1.82) is 0 Å². The molecule has 2 rings (SSSR count). The van der Waals surface area contributed by atoms with Gasteiger partial charge in [-0.15, -0.1) is 0 Å². The van der Waals surface area contributed by atoms with E-state index in [-0.39, 0.29) is 17.9 Å². The van der Waals surface area contributed by atoms with Crippen molar-refractivity contribution in [2.45, 2.75) is 19.8 Å². The van der Waals surface area contributed by atoms with Gasteiger partial charge in [0.2, 0.25) is 0 Å². The van der Waals surface area contributed by atoms with E-state index in [9.17, 15) is 25.2 Å². The van der Waals surface area contributed by atoms with Crippen LogP contribution in [0.1, 0.15) is 38.4 Å². The van der Waals surface area contributed by atoms with Crippen molar-refractivity contribution in [3.8, 4) is 11.1 Å². The van der Waals surface area contributed by atoms with Crippen LogP contribution in [-0.2, 0) is 19.8 Å². The second-order valence-corrected chi connectivity index (χ2v) is 5.37. The van der Waals surface area contributed by atoms with Gasteiger partial charge in [-0.05, 0) is 22.3 Å². The molecule has 0 aliphatic heterocycles. The molecule has 1 aromatic carbocycles. The lowest BCUT2D eigenvalue weighted by molar-refractivity contribution is 0.0691. The molecule has 1 heterocycles. The molecule has 0 fully saturated rings. The normalized spacial score (nSPS) is 11.2. The highest BCUT2D eigenvalue weighted by Gasteiger charge is 2.23. The summed E-state index contributed by atoms with van der Waals surface area (Å²) in [4.78, 5) is 18.0. The van der Waals surface area contributed by atoms with E-state index >= 15 is 0 Å². The smallest absolute Gasteiger partial charge is 0.352 e. The quantitative estimate of drug-likeness (QED) is 0.385. The molecule has 0 aliphatic rings. The zero-order valence-corrected chi connectivity index (χ0v) is 13.9. The minimum absolute atomic E-state index is 0.116.